The van der Waals surface area contributed by atoms with E-state index in [-0.39, 0.29) is 17.8 Å². The Labute approximate surface area is 101 Å². The van der Waals surface area contributed by atoms with Gasteiger partial charge in [0.1, 0.15) is 12.2 Å². The fourth-order valence-electron chi connectivity index (χ4n) is 1.34. The summed E-state index contributed by atoms with van der Waals surface area (Å²) in [5.41, 5.74) is 0.103. The monoisotopic (exact) mass is 247 g/mol. The zero-order valence-corrected chi connectivity index (χ0v) is 9.16. The Morgan fingerprint density at radius 3 is 3.00 bits per heavy atom. The number of hydrogen-bond donors (Lipinski definition) is 2. The first-order valence-corrected chi connectivity index (χ1v) is 5.03. The van der Waals surface area contributed by atoms with E-state index in [9.17, 15) is 14.9 Å². The number of nitrogens with one attached hydrogen (secondary N) is 2. The first-order valence-electron chi connectivity index (χ1n) is 5.03. The van der Waals surface area contributed by atoms with Gasteiger partial charge in [-0.1, -0.05) is 6.07 Å². The molecule has 2 rings (SSSR count). The number of nitro benzene ring substituents is 1. The van der Waals surface area contributed by atoms with Gasteiger partial charge in [0.05, 0.1) is 11.5 Å². The molecule has 1 aromatic carbocycles. The Hall–Kier alpha value is -2.77. The number of non-ortho nitro benzene ring substituents is 1. The summed E-state index contributed by atoms with van der Waals surface area (Å²) in [4.78, 5) is 25.6. The zero-order chi connectivity index (χ0) is 13.0. The number of H-pyrrole nitrogens is 1. The van der Waals surface area contributed by atoms with E-state index in [1.54, 1.807) is 0 Å². The van der Waals surface area contributed by atoms with Gasteiger partial charge in [-0.25, -0.2) is 4.98 Å². The summed E-state index contributed by atoms with van der Waals surface area (Å²) in [6, 6.07) is 5.51. The number of carbonyl (C=O) groups excluding carboxylic acids is 1. The van der Waals surface area contributed by atoms with E-state index in [0.717, 1.165) is 0 Å². The lowest BCUT2D eigenvalue weighted by Gasteiger charge is -2.02. The van der Waals surface area contributed by atoms with Crippen LogP contribution in [0.25, 0.3) is 0 Å². The van der Waals surface area contributed by atoms with Gasteiger partial charge in [0.15, 0.2) is 0 Å². The highest BCUT2D eigenvalue weighted by molar-refractivity contribution is 5.94. The molecule has 0 saturated heterocycles. The van der Waals surface area contributed by atoms with Gasteiger partial charge >= 0.3 is 0 Å². The molecule has 1 heterocycles. The zero-order valence-electron chi connectivity index (χ0n) is 9.16. The van der Waals surface area contributed by atoms with Crippen LogP contribution < -0.4 is 5.32 Å². The molecule has 0 saturated carbocycles. The fourth-order valence-corrected chi connectivity index (χ4v) is 1.34. The van der Waals surface area contributed by atoms with Gasteiger partial charge in [-0.2, -0.15) is 5.10 Å². The maximum absolute atomic E-state index is 11.7. The molecule has 8 nitrogen and oxygen atoms in total. The van der Waals surface area contributed by atoms with E-state index in [1.807, 2.05) is 0 Å². The normalized spacial score (nSPS) is 10.0. The van der Waals surface area contributed by atoms with E-state index >= 15 is 0 Å². The number of nitrogens with zero attached hydrogens (tertiary/aromatic N) is 3. The second-order valence-corrected chi connectivity index (χ2v) is 3.42. The molecule has 2 aromatic rings. The molecular weight excluding hydrogens is 238 g/mol. The van der Waals surface area contributed by atoms with Crippen molar-refractivity contribution in [3.63, 3.8) is 0 Å². The number of amides is 1. The highest BCUT2D eigenvalue weighted by Gasteiger charge is 2.11. The van der Waals surface area contributed by atoms with Gasteiger partial charge in [-0.3, -0.25) is 20.0 Å². The lowest BCUT2D eigenvalue weighted by atomic mass is 10.2. The van der Waals surface area contributed by atoms with Crippen LogP contribution in [-0.2, 0) is 6.54 Å². The first-order chi connectivity index (χ1) is 8.66. The number of rotatable bonds is 4. The van der Waals surface area contributed by atoms with Gasteiger partial charge in [0, 0.05) is 17.7 Å². The third-order valence-corrected chi connectivity index (χ3v) is 2.20. The molecule has 0 unspecified atom stereocenters. The van der Waals surface area contributed by atoms with E-state index in [0.29, 0.717) is 5.82 Å². The molecular formula is C10H9N5O3. The van der Waals surface area contributed by atoms with Crippen molar-refractivity contribution in [2.75, 3.05) is 0 Å². The van der Waals surface area contributed by atoms with Crippen molar-refractivity contribution < 1.29 is 9.72 Å². The third kappa shape index (κ3) is 2.67. The maximum Gasteiger partial charge on any atom is 0.270 e. The molecule has 0 radical (unpaired) electrons. The number of carbonyl (C=O) groups is 1. The summed E-state index contributed by atoms with van der Waals surface area (Å²) in [6.45, 7) is 0.182. The van der Waals surface area contributed by atoms with Crippen molar-refractivity contribution in [1.82, 2.24) is 20.5 Å². The molecule has 2 N–H and O–H groups in total. The Morgan fingerprint density at radius 1 is 1.50 bits per heavy atom. The number of nitro groups is 1. The Balaban J connectivity index is 2.04. The van der Waals surface area contributed by atoms with Crippen LogP contribution in [-0.4, -0.2) is 26.0 Å². The average molecular weight is 247 g/mol. The predicted molar refractivity (Wildman–Crippen MR) is 60.6 cm³/mol. The summed E-state index contributed by atoms with van der Waals surface area (Å²) in [5, 5.41) is 19.4. The maximum atomic E-state index is 11.7. The predicted octanol–water partition coefficient (Wildman–Crippen LogP) is 0.643. The quantitative estimate of drug-likeness (QED) is 0.608. The summed E-state index contributed by atoms with van der Waals surface area (Å²) < 4.78 is 0. The summed E-state index contributed by atoms with van der Waals surface area (Å²) in [5.74, 6) is 0.101. The van der Waals surface area contributed by atoms with Crippen LogP contribution in [0.3, 0.4) is 0 Å². The number of aromatic amines is 1. The second-order valence-electron chi connectivity index (χ2n) is 3.42. The highest BCUT2D eigenvalue weighted by atomic mass is 16.6. The minimum absolute atomic E-state index is 0.123. The molecule has 0 spiro atoms. The molecule has 0 aliphatic rings. The van der Waals surface area contributed by atoms with Gasteiger partial charge in [0.2, 0.25) is 0 Å². The lowest BCUT2D eigenvalue weighted by molar-refractivity contribution is -0.384. The van der Waals surface area contributed by atoms with Crippen molar-refractivity contribution in [3.8, 4) is 0 Å². The smallest absolute Gasteiger partial charge is 0.270 e. The van der Waals surface area contributed by atoms with Crippen LogP contribution in [0, 0.1) is 10.1 Å². The van der Waals surface area contributed by atoms with Crippen LogP contribution in [0.15, 0.2) is 30.6 Å². The molecule has 1 aromatic heterocycles. The molecule has 92 valence electrons. The fraction of sp³-hybridized carbons (Fsp3) is 0.100. The van der Waals surface area contributed by atoms with Crippen LogP contribution >= 0.6 is 0 Å². The van der Waals surface area contributed by atoms with Crippen LogP contribution in [0.5, 0.6) is 0 Å². The minimum Gasteiger partial charge on any atom is -0.345 e. The van der Waals surface area contributed by atoms with Crippen molar-refractivity contribution in [2.45, 2.75) is 6.54 Å². The Kier molecular flexibility index (Phi) is 3.28. The molecule has 1 amide bonds. The standard InChI is InChI=1S/C10H9N5O3/c16-10(11-5-9-12-6-13-14-9)7-2-1-3-8(4-7)15(17)18/h1-4,6H,5H2,(H,11,16)(H,12,13,14). The van der Waals surface area contributed by atoms with E-state index in [4.69, 9.17) is 0 Å². The van der Waals surface area contributed by atoms with E-state index in [2.05, 4.69) is 20.5 Å². The topological polar surface area (TPSA) is 114 Å². The Morgan fingerprint density at radius 2 is 2.33 bits per heavy atom. The van der Waals surface area contributed by atoms with Gasteiger partial charge in [-0.15, -0.1) is 0 Å². The third-order valence-electron chi connectivity index (χ3n) is 2.20. The molecule has 0 aliphatic heterocycles. The van der Waals surface area contributed by atoms with E-state index < -0.39 is 10.8 Å². The average Bonchev–Trinajstić information content (AvgIpc) is 2.89. The summed E-state index contributed by atoms with van der Waals surface area (Å²) in [7, 11) is 0. The molecule has 0 fully saturated rings. The van der Waals surface area contributed by atoms with Gasteiger partial charge < -0.3 is 5.32 Å². The molecule has 0 aliphatic carbocycles. The number of benzene rings is 1. The number of aromatic nitrogens is 3. The van der Waals surface area contributed by atoms with Gasteiger partial charge in [0.25, 0.3) is 11.6 Å². The van der Waals surface area contributed by atoms with E-state index in [1.165, 1.54) is 30.6 Å². The molecule has 0 atom stereocenters. The van der Waals surface area contributed by atoms with Crippen molar-refractivity contribution in [3.05, 3.63) is 52.1 Å². The second kappa shape index (κ2) is 5.04. The van der Waals surface area contributed by atoms with Crippen molar-refractivity contribution in [2.24, 2.45) is 0 Å². The highest BCUT2D eigenvalue weighted by Crippen LogP contribution is 2.12. The summed E-state index contributed by atoms with van der Waals surface area (Å²) >= 11 is 0. The first kappa shape index (κ1) is 11.7. The van der Waals surface area contributed by atoms with Crippen LogP contribution in [0.1, 0.15) is 16.2 Å². The SMILES string of the molecule is O=C(NCc1ncn[nH]1)c1cccc([N+](=O)[O-])c1. The van der Waals surface area contributed by atoms with Crippen LogP contribution in [0.2, 0.25) is 0 Å². The largest absolute Gasteiger partial charge is 0.345 e. The molecule has 8 heteroatoms. The number of hydrogen-bond acceptors (Lipinski definition) is 5. The summed E-state index contributed by atoms with van der Waals surface area (Å²) in [6.07, 6.45) is 1.33. The molecule has 18 heavy (non-hydrogen) atoms. The van der Waals surface area contributed by atoms with Crippen molar-refractivity contribution >= 4 is 11.6 Å². The molecule has 0 bridgehead atoms. The van der Waals surface area contributed by atoms with Gasteiger partial charge in [-0.05, 0) is 6.07 Å². The van der Waals surface area contributed by atoms with Crippen molar-refractivity contribution in [1.29, 1.82) is 0 Å². The Bertz CT molecular complexity index is 567. The lowest BCUT2D eigenvalue weighted by Crippen LogP contribution is -2.23. The van der Waals surface area contributed by atoms with Crippen LogP contribution in [0.4, 0.5) is 5.69 Å². The minimum atomic E-state index is -0.548.